The van der Waals surface area contributed by atoms with Crippen LogP contribution >= 0.6 is 0 Å². The van der Waals surface area contributed by atoms with E-state index in [4.69, 9.17) is 19.9 Å². The van der Waals surface area contributed by atoms with E-state index in [9.17, 15) is 0 Å². The molecule has 0 bridgehead atoms. The summed E-state index contributed by atoms with van der Waals surface area (Å²) < 4.78 is 2.26. The van der Waals surface area contributed by atoms with Gasteiger partial charge in [0.1, 0.15) is 5.82 Å². The van der Waals surface area contributed by atoms with Crippen molar-refractivity contribution in [2.45, 2.75) is 0 Å². The van der Waals surface area contributed by atoms with Crippen LogP contribution in [0.5, 0.6) is 0 Å². The molecule has 0 spiro atoms. The molecule has 2 aromatic heterocycles. The second-order valence-corrected chi connectivity index (χ2v) is 22.7. The first-order valence-electron chi connectivity index (χ1n) is 30.1. The lowest BCUT2D eigenvalue weighted by Gasteiger charge is -2.13. The van der Waals surface area contributed by atoms with E-state index < -0.39 is 0 Å². The molecule has 5 heteroatoms. The molecule has 16 aromatic rings. The second-order valence-electron chi connectivity index (χ2n) is 22.7. The van der Waals surface area contributed by atoms with E-state index in [2.05, 4.69) is 320 Å². The van der Waals surface area contributed by atoms with E-state index in [1.165, 1.54) is 38.6 Å². The molecule has 1 aliphatic rings. The van der Waals surface area contributed by atoms with Crippen LogP contribution in [0.3, 0.4) is 0 Å². The minimum atomic E-state index is 0.618. The summed E-state index contributed by atoms with van der Waals surface area (Å²) in [5.41, 5.74) is 25.2. The normalized spacial score (nSPS) is 11.5. The lowest BCUT2D eigenvalue weighted by atomic mass is 9.89. The zero-order valence-corrected chi connectivity index (χ0v) is 48.2. The first kappa shape index (κ1) is 51.3. The van der Waals surface area contributed by atoms with Crippen LogP contribution in [-0.2, 0) is 0 Å². The predicted octanol–water partition coefficient (Wildman–Crippen LogP) is 21.4. The van der Waals surface area contributed by atoms with Gasteiger partial charge in [-0.25, -0.2) is 19.9 Å². The van der Waals surface area contributed by atoms with Crippen molar-refractivity contribution >= 4 is 32.6 Å². The molecule has 1 aliphatic carbocycles. The van der Waals surface area contributed by atoms with Gasteiger partial charge in [0.05, 0.1) is 11.0 Å². The highest BCUT2D eigenvalue weighted by molar-refractivity contribution is 6.23. The number of rotatable bonds is 11. The summed E-state index contributed by atoms with van der Waals surface area (Å²) in [6, 6.07) is 117. The average Bonchev–Trinajstić information content (AvgIpc) is 1.64. The SMILES string of the molecule is c1c(-c2ccccc2)c2c(c(-c3cccc(-c4ccc(-c5ccc(-c6nc(-c7ccc(-c8ccccc8)cc7)nc(-c7cccc8ccccc78)n6)cc5)cc4)c3)c#1)-c1cccc3c(-c4ccc(-c5nc6ccccc6n5-c5ccccc5)cc4)ccc-2c13. The van der Waals surface area contributed by atoms with Crippen molar-refractivity contribution in [3.63, 3.8) is 0 Å². The smallest absolute Gasteiger partial charge is 0.164 e. The molecule has 412 valence electrons. The van der Waals surface area contributed by atoms with E-state index in [1.807, 2.05) is 6.07 Å². The maximum Gasteiger partial charge on any atom is 0.164 e. The Kier molecular flexibility index (Phi) is 12.4. The highest BCUT2D eigenvalue weighted by atomic mass is 15.1. The third-order valence-electron chi connectivity index (χ3n) is 17.5. The summed E-state index contributed by atoms with van der Waals surface area (Å²) in [5, 5.41) is 4.68. The lowest BCUT2D eigenvalue weighted by molar-refractivity contribution is 1.08. The molecule has 17 rings (SSSR count). The molecular weight excluding hydrogens is 1080 g/mol. The molecular formula is C84H51N5. The van der Waals surface area contributed by atoms with Crippen molar-refractivity contribution in [2.75, 3.05) is 0 Å². The molecule has 0 radical (unpaired) electrons. The van der Waals surface area contributed by atoms with E-state index in [0.29, 0.717) is 17.5 Å². The first-order valence-corrected chi connectivity index (χ1v) is 30.1. The van der Waals surface area contributed by atoms with Crippen LogP contribution in [0.25, 0.3) is 173 Å². The standard InChI is InChI=1S/C84H51N5/c1-4-17-54(18-5-1)55-37-43-62(44-38-55)81-86-82(88-83(87-81)73-29-15-22-59-21-10-11-27-68(59)73)63-45-39-57(40-46-63)56-33-35-58(36-34-56)65-23-14-24-66(53-65)71-51-50-70(60-19-6-2-7-20-60)79-75-52-49-69(72-28-16-30-74(78(72)75)80(71)79)61-41-47-64(48-42-61)84-85-76-31-12-13-32-77(76)89(84)67-25-8-3-9-26-67/h1-49,52-53H. The fraction of sp³-hybridized carbons (Fsp3) is 0. The van der Waals surface area contributed by atoms with Gasteiger partial charge in [0, 0.05) is 50.2 Å². The number of hydrogen-bond donors (Lipinski definition) is 0. The number of imidazole rings is 1. The van der Waals surface area contributed by atoms with Gasteiger partial charge < -0.3 is 0 Å². The number of aromatic nitrogens is 5. The summed E-state index contributed by atoms with van der Waals surface area (Å²) in [7, 11) is 0. The Balaban J connectivity index is 0.690. The van der Waals surface area contributed by atoms with Crippen LogP contribution < -0.4 is 0 Å². The zero-order valence-electron chi connectivity index (χ0n) is 48.2. The molecule has 14 aromatic carbocycles. The van der Waals surface area contributed by atoms with Crippen LogP contribution in [0, 0.1) is 12.1 Å². The summed E-state index contributed by atoms with van der Waals surface area (Å²) in [6.45, 7) is 0. The van der Waals surface area contributed by atoms with Gasteiger partial charge >= 0.3 is 0 Å². The number of benzene rings is 13. The first-order chi connectivity index (χ1) is 44.1. The molecule has 0 fully saturated rings. The molecule has 0 N–H and O–H groups in total. The van der Waals surface area contributed by atoms with Gasteiger partial charge in [-0.1, -0.05) is 291 Å². The van der Waals surface area contributed by atoms with Crippen molar-refractivity contribution in [1.82, 2.24) is 24.5 Å². The fourth-order valence-corrected chi connectivity index (χ4v) is 13.1. The number of hydrogen-bond acceptors (Lipinski definition) is 4. The maximum absolute atomic E-state index is 5.16. The van der Waals surface area contributed by atoms with E-state index in [0.717, 1.165) is 117 Å². The quantitative estimate of drug-likeness (QED) is 0.129. The Labute approximate surface area is 515 Å². The third-order valence-corrected chi connectivity index (χ3v) is 17.5. The summed E-state index contributed by atoms with van der Waals surface area (Å²) >= 11 is 0. The van der Waals surface area contributed by atoms with Crippen LogP contribution in [0.4, 0.5) is 0 Å². The second kappa shape index (κ2) is 21.4. The minimum absolute atomic E-state index is 0.618. The molecule has 2 heterocycles. The molecule has 0 aliphatic heterocycles. The molecule has 0 unspecified atom stereocenters. The molecule has 5 nitrogen and oxygen atoms in total. The van der Waals surface area contributed by atoms with Crippen LogP contribution in [0.15, 0.2) is 309 Å². The fourth-order valence-electron chi connectivity index (χ4n) is 13.1. The van der Waals surface area contributed by atoms with E-state index in [-0.39, 0.29) is 0 Å². The topological polar surface area (TPSA) is 56.5 Å². The van der Waals surface area contributed by atoms with Crippen molar-refractivity contribution in [3.8, 4) is 140 Å². The molecule has 0 atom stereocenters. The molecule has 89 heavy (non-hydrogen) atoms. The van der Waals surface area contributed by atoms with Gasteiger partial charge in [0.25, 0.3) is 0 Å². The highest BCUT2D eigenvalue weighted by Crippen LogP contribution is 2.55. The van der Waals surface area contributed by atoms with Crippen molar-refractivity contribution in [3.05, 3.63) is 322 Å². The molecule has 0 saturated heterocycles. The predicted molar refractivity (Wildman–Crippen MR) is 366 cm³/mol. The van der Waals surface area contributed by atoms with Crippen molar-refractivity contribution in [1.29, 1.82) is 0 Å². The van der Waals surface area contributed by atoms with E-state index >= 15 is 0 Å². The Hall–Kier alpha value is -12.1. The Morgan fingerprint density at radius 3 is 1.38 bits per heavy atom. The monoisotopic (exact) mass is 1130 g/mol. The van der Waals surface area contributed by atoms with Gasteiger partial charge in [0.2, 0.25) is 0 Å². The summed E-state index contributed by atoms with van der Waals surface area (Å²) in [5.74, 6) is 2.79. The minimum Gasteiger partial charge on any atom is -0.292 e. The largest absolute Gasteiger partial charge is 0.292 e. The highest BCUT2D eigenvalue weighted by Gasteiger charge is 2.29. The number of fused-ring (bicyclic) bond motifs is 5. The molecule has 0 saturated carbocycles. The summed E-state index contributed by atoms with van der Waals surface area (Å²) in [6.07, 6.45) is 0. The average molecular weight is 1130 g/mol. The van der Waals surface area contributed by atoms with Gasteiger partial charge in [-0.2, -0.15) is 0 Å². The Bertz CT molecular complexity index is 5360. The number of para-hydroxylation sites is 3. The van der Waals surface area contributed by atoms with Gasteiger partial charge in [-0.05, 0) is 119 Å². The lowest BCUT2D eigenvalue weighted by Crippen LogP contribution is -2.00. The maximum atomic E-state index is 5.16. The summed E-state index contributed by atoms with van der Waals surface area (Å²) in [4.78, 5) is 20.6. The van der Waals surface area contributed by atoms with Crippen molar-refractivity contribution in [2.24, 2.45) is 0 Å². The van der Waals surface area contributed by atoms with Crippen molar-refractivity contribution < 1.29 is 0 Å². The van der Waals surface area contributed by atoms with Crippen LogP contribution in [0.2, 0.25) is 0 Å². The zero-order chi connectivity index (χ0) is 58.8. The Morgan fingerprint density at radius 2 is 0.697 bits per heavy atom. The molecule has 0 amide bonds. The third kappa shape index (κ3) is 9.06. The van der Waals surface area contributed by atoms with Crippen LogP contribution in [0.1, 0.15) is 0 Å². The number of nitrogens with zero attached hydrogens (tertiary/aromatic N) is 5. The van der Waals surface area contributed by atoms with Gasteiger partial charge in [0.15, 0.2) is 17.5 Å². The van der Waals surface area contributed by atoms with Gasteiger partial charge in [-0.3, -0.25) is 4.57 Å². The van der Waals surface area contributed by atoms with Crippen LogP contribution in [-0.4, -0.2) is 24.5 Å². The van der Waals surface area contributed by atoms with Gasteiger partial charge in [-0.15, -0.1) is 0 Å². The Morgan fingerprint density at radius 1 is 0.258 bits per heavy atom. The van der Waals surface area contributed by atoms with E-state index in [1.54, 1.807) is 0 Å².